The molecule has 0 atom stereocenters. The SMILES string of the molecule is Cc1ccc(Oc2ncccc2CNCc2nc(C)c(C)nc2C)c(F)c1F. The second kappa shape index (κ2) is 8.39. The molecule has 1 aromatic carbocycles. The molecule has 0 spiro atoms. The van der Waals surface area contributed by atoms with Crippen molar-refractivity contribution in [3.63, 3.8) is 0 Å². The van der Waals surface area contributed by atoms with E-state index < -0.39 is 11.6 Å². The van der Waals surface area contributed by atoms with Gasteiger partial charge in [0, 0.05) is 24.8 Å². The van der Waals surface area contributed by atoms with Gasteiger partial charge in [-0.15, -0.1) is 0 Å². The van der Waals surface area contributed by atoms with Gasteiger partial charge in [0.15, 0.2) is 11.6 Å². The highest BCUT2D eigenvalue weighted by Crippen LogP contribution is 2.28. The normalized spacial score (nSPS) is 10.9. The Morgan fingerprint density at radius 3 is 2.43 bits per heavy atom. The minimum absolute atomic E-state index is 0.195. The number of halogens is 2. The predicted molar refractivity (Wildman–Crippen MR) is 102 cm³/mol. The molecule has 0 unspecified atom stereocenters. The van der Waals surface area contributed by atoms with Gasteiger partial charge in [0.1, 0.15) is 0 Å². The van der Waals surface area contributed by atoms with E-state index in [0.29, 0.717) is 13.1 Å². The van der Waals surface area contributed by atoms with Crippen LogP contribution in [-0.4, -0.2) is 15.0 Å². The third kappa shape index (κ3) is 4.31. The molecule has 0 saturated carbocycles. The summed E-state index contributed by atoms with van der Waals surface area (Å²) in [6.07, 6.45) is 1.54. The molecule has 0 amide bonds. The first-order chi connectivity index (χ1) is 13.4. The summed E-state index contributed by atoms with van der Waals surface area (Å²) in [5.41, 5.74) is 4.48. The van der Waals surface area contributed by atoms with Crippen molar-refractivity contribution in [2.75, 3.05) is 0 Å². The van der Waals surface area contributed by atoms with Gasteiger partial charge in [0.05, 0.1) is 22.8 Å². The average Bonchev–Trinajstić information content (AvgIpc) is 2.67. The summed E-state index contributed by atoms with van der Waals surface area (Å²) in [6.45, 7) is 8.21. The van der Waals surface area contributed by atoms with Crippen molar-refractivity contribution in [3.05, 3.63) is 76.0 Å². The van der Waals surface area contributed by atoms with Crippen LogP contribution < -0.4 is 10.1 Å². The first-order valence-corrected chi connectivity index (χ1v) is 8.94. The second-order valence-corrected chi connectivity index (χ2v) is 6.61. The second-order valence-electron chi connectivity index (χ2n) is 6.61. The molecule has 0 aliphatic carbocycles. The maximum absolute atomic E-state index is 14.1. The molecule has 1 N–H and O–H groups in total. The minimum atomic E-state index is -1.02. The maximum atomic E-state index is 14.1. The Morgan fingerprint density at radius 2 is 1.64 bits per heavy atom. The maximum Gasteiger partial charge on any atom is 0.223 e. The van der Waals surface area contributed by atoms with Crippen molar-refractivity contribution in [1.82, 2.24) is 20.3 Å². The lowest BCUT2D eigenvalue weighted by Gasteiger charge is -2.13. The summed E-state index contributed by atoms with van der Waals surface area (Å²) in [6, 6.07) is 6.44. The molecular weight excluding hydrogens is 362 g/mol. The van der Waals surface area contributed by atoms with Gasteiger partial charge < -0.3 is 10.1 Å². The molecule has 3 rings (SSSR count). The zero-order chi connectivity index (χ0) is 20.3. The molecule has 5 nitrogen and oxygen atoms in total. The molecular formula is C21H22F2N4O. The van der Waals surface area contributed by atoms with Crippen LogP contribution in [0, 0.1) is 39.3 Å². The monoisotopic (exact) mass is 384 g/mol. The standard InChI is InChI=1S/C21H22F2N4O/c1-12-7-8-18(20(23)19(12)22)28-21-16(6-5-9-25-21)10-24-11-17-15(4)26-13(2)14(3)27-17/h5-9,24H,10-11H2,1-4H3. The molecule has 0 aliphatic heterocycles. The van der Waals surface area contributed by atoms with Crippen LogP contribution in [0.2, 0.25) is 0 Å². The first kappa shape index (κ1) is 19.8. The number of hydrogen-bond donors (Lipinski definition) is 1. The number of nitrogens with one attached hydrogen (secondary N) is 1. The molecule has 2 aromatic heterocycles. The fourth-order valence-corrected chi connectivity index (χ4v) is 2.71. The van der Waals surface area contributed by atoms with Gasteiger partial charge in [0.25, 0.3) is 0 Å². The number of hydrogen-bond acceptors (Lipinski definition) is 5. The minimum Gasteiger partial charge on any atom is -0.435 e. The summed E-state index contributed by atoms with van der Waals surface area (Å²) >= 11 is 0. The van der Waals surface area contributed by atoms with Crippen molar-refractivity contribution in [3.8, 4) is 11.6 Å². The van der Waals surface area contributed by atoms with Gasteiger partial charge in [0.2, 0.25) is 11.7 Å². The quantitative estimate of drug-likeness (QED) is 0.680. The fraction of sp³-hybridized carbons (Fsp3) is 0.286. The molecule has 146 valence electrons. The fourth-order valence-electron chi connectivity index (χ4n) is 2.71. The van der Waals surface area contributed by atoms with E-state index in [0.717, 1.165) is 28.3 Å². The smallest absolute Gasteiger partial charge is 0.223 e. The Kier molecular flexibility index (Phi) is 5.94. The van der Waals surface area contributed by atoms with Crippen LogP contribution in [0.15, 0.2) is 30.5 Å². The number of aryl methyl sites for hydroxylation is 4. The van der Waals surface area contributed by atoms with E-state index >= 15 is 0 Å². The van der Waals surface area contributed by atoms with Crippen LogP contribution in [0.5, 0.6) is 11.6 Å². The number of nitrogens with zero attached hydrogens (tertiary/aromatic N) is 3. The number of aromatic nitrogens is 3. The molecule has 7 heteroatoms. The highest BCUT2D eigenvalue weighted by atomic mass is 19.2. The predicted octanol–water partition coefficient (Wildman–Crippen LogP) is 4.47. The van der Waals surface area contributed by atoms with Crippen LogP contribution in [-0.2, 0) is 13.1 Å². The zero-order valence-electron chi connectivity index (χ0n) is 16.3. The Balaban J connectivity index is 1.73. The number of pyridine rings is 1. The molecule has 3 aromatic rings. The van der Waals surface area contributed by atoms with E-state index in [1.165, 1.54) is 19.1 Å². The van der Waals surface area contributed by atoms with E-state index in [2.05, 4.69) is 20.3 Å². The van der Waals surface area contributed by atoms with Crippen LogP contribution >= 0.6 is 0 Å². The van der Waals surface area contributed by atoms with E-state index in [1.54, 1.807) is 12.3 Å². The zero-order valence-corrected chi connectivity index (χ0v) is 16.3. The topological polar surface area (TPSA) is 59.9 Å². The molecule has 28 heavy (non-hydrogen) atoms. The molecule has 0 aliphatic rings. The third-order valence-electron chi connectivity index (χ3n) is 4.48. The molecule has 0 bridgehead atoms. The third-order valence-corrected chi connectivity index (χ3v) is 4.48. The van der Waals surface area contributed by atoms with Gasteiger partial charge in [-0.2, -0.15) is 4.39 Å². The highest BCUT2D eigenvalue weighted by Gasteiger charge is 2.15. The molecule has 0 radical (unpaired) electrons. The van der Waals surface area contributed by atoms with Gasteiger partial charge >= 0.3 is 0 Å². The molecule has 2 heterocycles. The Bertz CT molecular complexity index is 1010. The van der Waals surface area contributed by atoms with Crippen LogP contribution in [0.3, 0.4) is 0 Å². The molecule has 0 saturated heterocycles. The summed E-state index contributed by atoms with van der Waals surface area (Å²) in [5.74, 6) is -1.92. The van der Waals surface area contributed by atoms with Crippen LogP contribution in [0.25, 0.3) is 0 Å². The lowest BCUT2D eigenvalue weighted by molar-refractivity contribution is 0.399. The first-order valence-electron chi connectivity index (χ1n) is 8.94. The molecule has 0 fully saturated rings. The lowest BCUT2D eigenvalue weighted by Crippen LogP contribution is -2.17. The number of benzene rings is 1. The Morgan fingerprint density at radius 1 is 0.893 bits per heavy atom. The van der Waals surface area contributed by atoms with Crippen LogP contribution in [0.1, 0.15) is 33.9 Å². The number of ether oxygens (including phenoxy) is 1. The van der Waals surface area contributed by atoms with Crippen molar-refractivity contribution >= 4 is 0 Å². The van der Waals surface area contributed by atoms with E-state index in [-0.39, 0.29) is 17.2 Å². The van der Waals surface area contributed by atoms with Crippen molar-refractivity contribution < 1.29 is 13.5 Å². The summed E-state index contributed by atoms with van der Waals surface area (Å²) in [5, 5.41) is 3.28. The van der Waals surface area contributed by atoms with Crippen molar-refractivity contribution in [2.24, 2.45) is 0 Å². The van der Waals surface area contributed by atoms with Gasteiger partial charge in [-0.05, 0) is 45.4 Å². The summed E-state index contributed by atoms with van der Waals surface area (Å²) in [4.78, 5) is 13.2. The Hall–Kier alpha value is -2.93. The van der Waals surface area contributed by atoms with Crippen molar-refractivity contribution in [1.29, 1.82) is 0 Å². The Labute approximate surface area is 162 Å². The van der Waals surface area contributed by atoms with Crippen LogP contribution in [0.4, 0.5) is 8.78 Å². The van der Waals surface area contributed by atoms with Gasteiger partial charge in [-0.25, -0.2) is 9.37 Å². The lowest BCUT2D eigenvalue weighted by atomic mass is 10.2. The van der Waals surface area contributed by atoms with Gasteiger partial charge in [-0.1, -0.05) is 12.1 Å². The van der Waals surface area contributed by atoms with E-state index in [9.17, 15) is 8.78 Å². The number of rotatable bonds is 6. The van der Waals surface area contributed by atoms with Gasteiger partial charge in [-0.3, -0.25) is 9.97 Å². The largest absolute Gasteiger partial charge is 0.435 e. The van der Waals surface area contributed by atoms with Crippen molar-refractivity contribution in [2.45, 2.75) is 40.8 Å². The summed E-state index contributed by atoms with van der Waals surface area (Å²) in [7, 11) is 0. The van der Waals surface area contributed by atoms with E-state index in [1.807, 2.05) is 26.8 Å². The average molecular weight is 384 g/mol. The summed E-state index contributed by atoms with van der Waals surface area (Å²) < 4.78 is 33.4. The van der Waals surface area contributed by atoms with E-state index in [4.69, 9.17) is 4.74 Å². The highest BCUT2D eigenvalue weighted by molar-refractivity contribution is 5.35.